The van der Waals surface area contributed by atoms with E-state index in [-0.39, 0.29) is 12.0 Å². The number of aromatic nitrogens is 1. The van der Waals surface area contributed by atoms with E-state index in [1.165, 1.54) is 18.0 Å². The number of rotatable bonds is 7. The predicted molar refractivity (Wildman–Crippen MR) is 116 cm³/mol. The second-order valence-corrected chi connectivity index (χ2v) is 8.02. The third kappa shape index (κ3) is 4.63. The standard InChI is InChI=1S/C23H21N3O3S/c24-23(28)17-9-16(11-25-12-17)20-8-4-5-15-10-18(29-22(15)20)13-26-21(27)14-30-19-6-2-1-3-7-19/h1-9,11-12,18H,10,13-14H2,(H2,24,28)(H,26,27). The van der Waals surface area contributed by atoms with Crippen LogP contribution in [0.5, 0.6) is 5.75 Å². The zero-order valence-electron chi connectivity index (χ0n) is 16.2. The first-order chi connectivity index (χ1) is 14.6. The molecule has 0 saturated heterocycles. The van der Waals surface area contributed by atoms with Crippen molar-refractivity contribution in [3.63, 3.8) is 0 Å². The average Bonchev–Trinajstić information content (AvgIpc) is 3.20. The summed E-state index contributed by atoms with van der Waals surface area (Å²) in [6.07, 6.45) is 3.69. The van der Waals surface area contributed by atoms with Crippen molar-refractivity contribution in [3.8, 4) is 16.9 Å². The Morgan fingerprint density at radius 1 is 1.13 bits per heavy atom. The quantitative estimate of drug-likeness (QED) is 0.574. The van der Waals surface area contributed by atoms with Gasteiger partial charge in [-0.2, -0.15) is 0 Å². The molecule has 1 aliphatic heterocycles. The molecule has 1 atom stereocenters. The van der Waals surface area contributed by atoms with Gasteiger partial charge in [-0.25, -0.2) is 0 Å². The van der Waals surface area contributed by atoms with Crippen LogP contribution in [0.25, 0.3) is 11.1 Å². The summed E-state index contributed by atoms with van der Waals surface area (Å²) in [5.74, 6) is 0.577. The number of amides is 2. The number of nitrogens with two attached hydrogens (primary N) is 1. The Kier molecular flexibility index (Phi) is 5.99. The van der Waals surface area contributed by atoms with Gasteiger partial charge in [0.25, 0.3) is 0 Å². The lowest BCUT2D eigenvalue weighted by molar-refractivity contribution is -0.118. The van der Waals surface area contributed by atoms with E-state index in [2.05, 4.69) is 10.3 Å². The molecule has 0 bridgehead atoms. The van der Waals surface area contributed by atoms with Gasteiger partial charge in [0.15, 0.2) is 0 Å². The van der Waals surface area contributed by atoms with E-state index in [1.54, 1.807) is 12.3 Å². The Bertz CT molecular complexity index is 1070. The molecule has 0 fully saturated rings. The molecule has 0 radical (unpaired) electrons. The molecule has 1 unspecified atom stereocenters. The van der Waals surface area contributed by atoms with Crippen molar-refractivity contribution in [1.29, 1.82) is 0 Å². The van der Waals surface area contributed by atoms with Gasteiger partial charge in [-0.15, -0.1) is 11.8 Å². The Morgan fingerprint density at radius 2 is 1.97 bits per heavy atom. The summed E-state index contributed by atoms with van der Waals surface area (Å²) in [7, 11) is 0. The van der Waals surface area contributed by atoms with E-state index >= 15 is 0 Å². The molecule has 1 aliphatic rings. The number of hydrogen-bond acceptors (Lipinski definition) is 5. The second-order valence-electron chi connectivity index (χ2n) is 6.97. The summed E-state index contributed by atoms with van der Waals surface area (Å²) < 4.78 is 6.14. The number of pyridine rings is 1. The number of nitrogens with one attached hydrogen (secondary N) is 1. The van der Waals surface area contributed by atoms with Crippen LogP contribution in [0.15, 0.2) is 71.9 Å². The van der Waals surface area contributed by atoms with Crippen LogP contribution < -0.4 is 15.8 Å². The van der Waals surface area contributed by atoms with Gasteiger partial charge in [-0.05, 0) is 23.8 Å². The minimum absolute atomic E-state index is 0.0259. The number of primary amides is 1. The number of thioether (sulfide) groups is 1. The number of carbonyl (C=O) groups is 2. The number of hydrogen-bond donors (Lipinski definition) is 2. The summed E-state index contributed by atoms with van der Waals surface area (Å²) in [5.41, 5.74) is 8.42. The van der Waals surface area contributed by atoms with Crippen LogP contribution >= 0.6 is 11.8 Å². The fourth-order valence-corrected chi connectivity index (χ4v) is 4.10. The predicted octanol–water partition coefficient (Wildman–Crippen LogP) is 3.06. The van der Waals surface area contributed by atoms with Gasteiger partial charge >= 0.3 is 0 Å². The van der Waals surface area contributed by atoms with Crippen molar-refractivity contribution in [3.05, 3.63) is 78.1 Å². The minimum atomic E-state index is -0.521. The smallest absolute Gasteiger partial charge is 0.250 e. The fraction of sp³-hybridized carbons (Fsp3) is 0.174. The molecule has 152 valence electrons. The molecular formula is C23H21N3O3S. The number of fused-ring (bicyclic) bond motifs is 1. The first kappa shape index (κ1) is 20.0. The molecule has 3 aromatic rings. The SMILES string of the molecule is NC(=O)c1cncc(-c2cccc3c2OC(CNC(=O)CSc2ccccc2)C3)c1. The van der Waals surface area contributed by atoms with Crippen molar-refractivity contribution in [2.75, 3.05) is 12.3 Å². The van der Waals surface area contributed by atoms with Crippen LogP contribution in [-0.2, 0) is 11.2 Å². The summed E-state index contributed by atoms with van der Waals surface area (Å²) in [4.78, 5) is 28.8. The Morgan fingerprint density at radius 3 is 2.77 bits per heavy atom. The van der Waals surface area contributed by atoms with Crippen LogP contribution in [-0.4, -0.2) is 35.2 Å². The van der Waals surface area contributed by atoms with Crippen molar-refractivity contribution >= 4 is 23.6 Å². The molecule has 1 aromatic heterocycles. The van der Waals surface area contributed by atoms with Gasteiger partial charge in [0.1, 0.15) is 11.9 Å². The topological polar surface area (TPSA) is 94.3 Å². The number of benzene rings is 2. The molecule has 2 aromatic carbocycles. The van der Waals surface area contributed by atoms with Crippen molar-refractivity contribution in [2.45, 2.75) is 17.4 Å². The Hall–Kier alpha value is -3.32. The number of para-hydroxylation sites is 1. The number of nitrogens with zero attached hydrogens (tertiary/aromatic N) is 1. The van der Waals surface area contributed by atoms with Gasteiger partial charge in [-0.3, -0.25) is 14.6 Å². The lowest BCUT2D eigenvalue weighted by Crippen LogP contribution is -2.35. The lowest BCUT2D eigenvalue weighted by Gasteiger charge is -2.14. The highest BCUT2D eigenvalue weighted by Gasteiger charge is 2.26. The van der Waals surface area contributed by atoms with E-state index in [0.717, 1.165) is 27.3 Å². The molecule has 2 heterocycles. The summed E-state index contributed by atoms with van der Waals surface area (Å²) >= 11 is 1.50. The van der Waals surface area contributed by atoms with Gasteiger partial charge in [-0.1, -0.05) is 36.4 Å². The number of carbonyl (C=O) groups excluding carboxylic acids is 2. The fourth-order valence-electron chi connectivity index (χ4n) is 3.35. The third-order valence-corrected chi connectivity index (χ3v) is 5.81. The van der Waals surface area contributed by atoms with Crippen LogP contribution in [0.3, 0.4) is 0 Å². The molecule has 2 amide bonds. The van der Waals surface area contributed by atoms with Crippen LogP contribution in [0.4, 0.5) is 0 Å². The Labute approximate surface area is 178 Å². The van der Waals surface area contributed by atoms with E-state index in [9.17, 15) is 9.59 Å². The molecule has 30 heavy (non-hydrogen) atoms. The van der Waals surface area contributed by atoms with E-state index in [4.69, 9.17) is 10.5 Å². The lowest BCUT2D eigenvalue weighted by atomic mass is 10.0. The zero-order valence-corrected chi connectivity index (χ0v) is 17.0. The van der Waals surface area contributed by atoms with Gasteiger partial charge in [0.05, 0.1) is 17.9 Å². The molecule has 0 aliphatic carbocycles. The highest BCUT2D eigenvalue weighted by molar-refractivity contribution is 8.00. The molecule has 0 saturated carbocycles. The third-order valence-electron chi connectivity index (χ3n) is 4.80. The van der Waals surface area contributed by atoms with Crippen molar-refractivity contribution in [1.82, 2.24) is 10.3 Å². The largest absolute Gasteiger partial charge is 0.487 e. The van der Waals surface area contributed by atoms with E-state index in [1.807, 2.05) is 48.5 Å². The first-order valence-electron chi connectivity index (χ1n) is 9.58. The van der Waals surface area contributed by atoms with Crippen molar-refractivity contribution < 1.29 is 14.3 Å². The normalized spacial score (nSPS) is 14.6. The minimum Gasteiger partial charge on any atom is -0.487 e. The van der Waals surface area contributed by atoms with E-state index in [0.29, 0.717) is 24.3 Å². The van der Waals surface area contributed by atoms with Gasteiger partial charge in [0.2, 0.25) is 11.8 Å². The summed E-state index contributed by atoms with van der Waals surface area (Å²) in [5, 5.41) is 2.95. The first-order valence-corrected chi connectivity index (χ1v) is 10.6. The van der Waals surface area contributed by atoms with Crippen LogP contribution in [0, 0.1) is 0 Å². The second kappa shape index (κ2) is 9.00. The molecule has 3 N–H and O–H groups in total. The molecule has 6 nitrogen and oxygen atoms in total. The molecule has 7 heteroatoms. The van der Waals surface area contributed by atoms with Gasteiger partial charge in [0, 0.05) is 34.8 Å². The van der Waals surface area contributed by atoms with Crippen LogP contribution in [0.1, 0.15) is 15.9 Å². The Balaban J connectivity index is 1.38. The monoisotopic (exact) mass is 419 g/mol. The maximum atomic E-state index is 12.2. The van der Waals surface area contributed by atoms with Gasteiger partial charge < -0.3 is 15.8 Å². The molecule has 4 rings (SSSR count). The average molecular weight is 420 g/mol. The van der Waals surface area contributed by atoms with Crippen molar-refractivity contribution in [2.24, 2.45) is 5.73 Å². The van der Waals surface area contributed by atoms with Crippen LogP contribution in [0.2, 0.25) is 0 Å². The van der Waals surface area contributed by atoms with E-state index < -0.39 is 5.91 Å². The highest BCUT2D eigenvalue weighted by Crippen LogP contribution is 2.38. The molecular weight excluding hydrogens is 398 g/mol. The maximum absolute atomic E-state index is 12.2. The highest BCUT2D eigenvalue weighted by atomic mass is 32.2. The maximum Gasteiger partial charge on any atom is 0.250 e. The number of ether oxygens (including phenoxy) is 1. The molecule has 0 spiro atoms. The summed E-state index contributed by atoms with van der Waals surface area (Å²) in [6.45, 7) is 0.432. The zero-order chi connectivity index (χ0) is 20.9. The summed E-state index contributed by atoms with van der Waals surface area (Å²) in [6, 6.07) is 17.4.